The molecule has 0 radical (unpaired) electrons. The molecule has 0 aliphatic rings. The molecule has 2 heterocycles. The van der Waals surface area contributed by atoms with Crippen molar-refractivity contribution in [2.75, 3.05) is 18.5 Å². The van der Waals surface area contributed by atoms with Gasteiger partial charge in [-0.3, -0.25) is 0 Å². The molecule has 0 amide bonds. The van der Waals surface area contributed by atoms with Gasteiger partial charge in [0.05, 0.1) is 5.52 Å². The highest BCUT2D eigenvalue weighted by molar-refractivity contribution is 5.92. The number of aryl methyl sites for hydroxylation is 2. The summed E-state index contributed by atoms with van der Waals surface area (Å²) in [4.78, 5) is 11.6. The molecule has 2 aromatic carbocycles. The van der Waals surface area contributed by atoms with Crippen molar-refractivity contribution in [3.8, 4) is 0 Å². The maximum atomic E-state index is 4.83. The average Bonchev–Trinajstić information content (AvgIpc) is 3.03. The van der Waals surface area contributed by atoms with Crippen molar-refractivity contribution >= 4 is 22.5 Å². The van der Waals surface area contributed by atoms with Crippen molar-refractivity contribution < 1.29 is 0 Å². The Balaban J connectivity index is 1.62. The maximum Gasteiger partial charge on any atom is 0.228 e. The fourth-order valence-electron chi connectivity index (χ4n) is 3.16. The van der Waals surface area contributed by atoms with Crippen LogP contribution in [-0.2, 0) is 6.42 Å². The minimum Gasteiger partial charge on any atom is -0.344 e. The molecular weight excluding hydrogens is 310 g/mol. The van der Waals surface area contributed by atoms with E-state index in [-0.39, 0.29) is 0 Å². The SMILES string of the molecule is Cc1nc2c3ccccc3nc(N(C)CCCc3ccccc3)n2n1. The fraction of sp³-hybridized carbons (Fsp3) is 0.250. The van der Waals surface area contributed by atoms with E-state index in [1.165, 1.54) is 5.56 Å². The summed E-state index contributed by atoms with van der Waals surface area (Å²) in [5.41, 5.74) is 3.18. The smallest absolute Gasteiger partial charge is 0.228 e. The van der Waals surface area contributed by atoms with Crippen LogP contribution in [-0.4, -0.2) is 33.2 Å². The fourth-order valence-corrected chi connectivity index (χ4v) is 3.16. The van der Waals surface area contributed by atoms with Gasteiger partial charge in [0, 0.05) is 19.0 Å². The number of aromatic nitrogens is 4. The lowest BCUT2D eigenvalue weighted by Gasteiger charge is -2.19. The Morgan fingerprint density at radius 3 is 2.56 bits per heavy atom. The van der Waals surface area contributed by atoms with E-state index in [1.54, 1.807) is 0 Å². The average molecular weight is 331 g/mol. The van der Waals surface area contributed by atoms with Crippen LogP contribution in [0.25, 0.3) is 16.6 Å². The first-order valence-electron chi connectivity index (χ1n) is 8.59. The molecule has 4 aromatic rings. The molecule has 25 heavy (non-hydrogen) atoms. The summed E-state index contributed by atoms with van der Waals surface area (Å²) in [6, 6.07) is 18.7. The van der Waals surface area contributed by atoms with Gasteiger partial charge in [-0.1, -0.05) is 42.5 Å². The summed E-state index contributed by atoms with van der Waals surface area (Å²) in [5, 5.41) is 5.58. The molecule has 0 N–H and O–H groups in total. The second kappa shape index (κ2) is 6.51. The highest BCUT2D eigenvalue weighted by Gasteiger charge is 2.14. The summed E-state index contributed by atoms with van der Waals surface area (Å²) in [6.07, 6.45) is 2.11. The molecule has 0 aliphatic carbocycles. The van der Waals surface area contributed by atoms with Crippen molar-refractivity contribution in [3.05, 3.63) is 66.0 Å². The summed E-state index contributed by atoms with van der Waals surface area (Å²) < 4.78 is 1.86. The second-order valence-electron chi connectivity index (χ2n) is 6.33. The number of anilines is 1. The van der Waals surface area contributed by atoms with Gasteiger partial charge in [-0.25, -0.2) is 9.97 Å². The van der Waals surface area contributed by atoms with Gasteiger partial charge in [0.1, 0.15) is 5.82 Å². The van der Waals surface area contributed by atoms with E-state index in [2.05, 4.69) is 52.4 Å². The van der Waals surface area contributed by atoms with Crippen LogP contribution in [0.4, 0.5) is 5.95 Å². The molecule has 0 unspecified atom stereocenters. The van der Waals surface area contributed by atoms with Gasteiger partial charge in [-0.05, 0) is 37.5 Å². The zero-order chi connectivity index (χ0) is 17.2. The minimum absolute atomic E-state index is 0.761. The minimum atomic E-state index is 0.761. The quantitative estimate of drug-likeness (QED) is 0.560. The number of nitrogens with zero attached hydrogens (tertiary/aromatic N) is 5. The number of rotatable bonds is 5. The monoisotopic (exact) mass is 331 g/mol. The molecule has 0 spiro atoms. The van der Waals surface area contributed by atoms with E-state index in [9.17, 15) is 0 Å². The van der Waals surface area contributed by atoms with Crippen LogP contribution in [0.15, 0.2) is 54.6 Å². The predicted molar refractivity (Wildman–Crippen MR) is 101 cm³/mol. The zero-order valence-corrected chi connectivity index (χ0v) is 14.6. The normalized spacial score (nSPS) is 11.3. The Morgan fingerprint density at radius 2 is 1.72 bits per heavy atom. The Hall–Kier alpha value is -2.95. The van der Waals surface area contributed by atoms with Crippen molar-refractivity contribution in [1.82, 2.24) is 19.6 Å². The Bertz CT molecular complexity index is 1010. The Morgan fingerprint density at radius 1 is 0.960 bits per heavy atom. The third-order valence-corrected chi connectivity index (χ3v) is 4.41. The predicted octanol–water partition coefficient (Wildman–Crippen LogP) is 3.65. The first-order chi connectivity index (χ1) is 12.2. The first-order valence-corrected chi connectivity index (χ1v) is 8.59. The summed E-state index contributed by atoms with van der Waals surface area (Å²) >= 11 is 0. The van der Waals surface area contributed by atoms with Crippen molar-refractivity contribution in [1.29, 1.82) is 0 Å². The van der Waals surface area contributed by atoms with Crippen molar-refractivity contribution in [2.45, 2.75) is 19.8 Å². The number of para-hydroxylation sites is 1. The number of hydrogen-bond donors (Lipinski definition) is 0. The third-order valence-electron chi connectivity index (χ3n) is 4.41. The largest absolute Gasteiger partial charge is 0.344 e. The van der Waals surface area contributed by atoms with Crippen LogP contribution in [0.1, 0.15) is 17.8 Å². The van der Waals surface area contributed by atoms with E-state index in [4.69, 9.17) is 4.98 Å². The molecule has 0 aliphatic heterocycles. The van der Waals surface area contributed by atoms with Gasteiger partial charge in [-0.15, -0.1) is 5.10 Å². The van der Waals surface area contributed by atoms with Gasteiger partial charge in [-0.2, -0.15) is 4.52 Å². The second-order valence-corrected chi connectivity index (χ2v) is 6.33. The molecule has 0 fully saturated rings. The van der Waals surface area contributed by atoms with Gasteiger partial charge < -0.3 is 4.90 Å². The lowest BCUT2D eigenvalue weighted by atomic mass is 10.1. The molecule has 4 rings (SSSR count). The summed E-state index contributed by atoms with van der Waals surface area (Å²) in [6.45, 7) is 2.83. The summed E-state index contributed by atoms with van der Waals surface area (Å²) in [7, 11) is 2.07. The van der Waals surface area contributed by atoms with E-state index in [1.807, 2.05) is 35.7 Å². The molecular formula is C20H21N5. The Kier molecular flexibility index (Phi) is 4.06. The van der Waals surface area contributed by atoms with Crippen LogP contribution >= 0.6 is 0 Å². The van der Waals surface area contributed by atoms with Gasteiger partial charge in [0.15, 0.2) is 5.65 Å². The van der Waals surface area contributed by atoms with E-state index < -0.39 is 0 Å². The lowest BCUT2D eigenvalue weighted by molar-refractivity contribution is 0.747. The highest BCUT2D eigenvalue weighted by Crippen LogP contribution is 2.22. The Labute approximate surface area is 147 Å². The van der Waals surface area contributed by atoms with E-state index >= 15 is 0 Å². The van der Waals surface area contributed by atoms with Crippen LogP contribution < -0.4 is 4.90 Å². The van der Waals surface area contributed by atoms with E-state index in [0.29, 0.717) is 0 Å². The molecule has 2 aromatic heterocycles. The number of benzene rings is 2. The van der Waals surface area contributed by atoms with Gasteiger partial charge >= 0.3 is 0 Å². The van der Waals surface area contributed by atoms with Crippen molar-refractivity contribution in [2.24, 2.45) is 0 Å². The summed E-state index contributed by atoms with van der Waals surface area (Å²) in [5.74, 6) is 1.60. The lowest BCUT2D eigenvalue weighted by Crippen LogP contribution is -2.23. The highest BCUT2D eigenvalue weighted by atomic mass is 15.4. The van der Waals surface area contributed by atoms with Crippen LogP contribution in [0.2, 0.25) is 0 Å². The number of fused-ring (bicyclic) bond motifs is 3. The molecule has 0 saturated carbocycles. The topological polar surface area (TPSA) is 46.3 Å². The molecule has 5 heteroatoms. The molecule has 126 valence electrons. The molecule has 0 saturated heterocycles. The van der Waals surface area contributed by atoms with Gasteiger partial charge in [0.25, 0.3) is 0 Å². The zero-order valence-electron chi connectivity index (χ0n) is 14.6. The maximum absolute atomic E-state index is 4.83. The van der Waals surface area contributed by atoms with Crippen molar-refractivity contribution in [3.63, 3.8) is 0 Å². The van der Waals surface area contributed by atoms with Gasteiger partial charge in [0.2, 0.25) is 5.95 Å². The first kappa shape index (κ1) is 15.6. The third kappa shape index (κ3) is 3.05. The molecule has 0 bridgehead atoms. The van der Waals surface area contributed by atoms with Crippen LogP contribution in [0.3, 0.4) is 0 Å². The van der Waals surface area contributed by atoms with Crippen LogP contribution in [0, 0.1) is 6.92 Å². The molecule has 0 atom stereocenters. The van der Waals surface area contributed by atoms with E-state index in [0.717, 1.165) is 47.7 Å². The number of hydrogen-bond acceptors (Lipinski definition) is 4. The standard InChI is InChI=1S/C20H21N5/c1-15-21-19-17-12-6-7-13-18(17)22-20(25(19)23-15)24(2)14-8-11-16-9-4-3-5-10-16/h3-7,9-10,12-13H,8,11,14H2,1-2H3. The van der Waals surface area contributed by atoms with Crippen LogP contribution in [0.5, 0.6) is 0 Å². The molecule has 5 nitrogen and oxygen atoms in total.